The molecule has 0 atom stereocenters. The van der Waals surface area contributed by atoms with Crippen LogP contribution < -0.4 is 10.0 Å². The quantitative estimate of drug-likeness (QED) is 0.355. The van der Waals surface area contributed by atoms with Crippen LogP contribution in [0, 0.1) is 13.8 Å². The molecule has 0 saturated heterocycles. The van der Waals surface area contributed by atoms with Crippen molar-refractivity contribution in [3.63, 3.8) is 0 Å². The van der Waals surface area contributed by atoms with E-state index in [-0.39, 0.29) is 10.6 Å². The maximum absolute atomic E-state index is 12.8. The Balaban J connectivity index is 1.61. The number of rotatable bonds is 8. The van der Waals surface area contributed by atoms with Crippen molar-refractivity contribution in [1.82, 2.24) is 19.3 Å². The third-order valence-corrected chi connectivity index (χ3v) is 7.23. The first-order chi connectivity index (χ1) is 16.7. The van der Waals surface area contributed by atoms with Gasteiger partial charge in [-0.25, -0.2) is 23.1 Å². The summed E-state index contributed by atoms with van der Waals surface area (Å²) in [6, 6.07) is 15.1. The van der Waals surface area contributed by atoms with Gasteiger partial charge in [-0.1, -0.05) is 42.3 Å². The second-order valence-electron chi connectivity index (χ2n) is 8.27. The van der Waals surface area contributed by atoms with Gasteiger partial charge in [-0.2, -0.15) is 0 Å². The van der Waals surface area contributed by atoms with Crippen LogP contribution in [0.1, 0.15) is 40.8 Å². The third kappa shape index (κ3) is 5.47. The highest BCUT2D eigenvalue weighted by atomic mass is 35.5. The number of nitrogens with one attached hydrogen (secondary N) is 2. The van der Waals surface area contributed by atoms with Crippen LogP contribution in [0.25, 0.3) is 11.2 Å². The van der Waals surface area contributed by atoms with E-state index < -0.39 is 15.9 Å². The van der Waals surface area contributed by atoms with Crippen molar-refractivity contribution in [2.75, 3.05) is 11.9 Å². The van der Waals surface area contributed by atoms with Crippen LogP contribution in [0.15, 0.2) is 59.5 Å². The molecule has 10 heteroatoms. The van der Waals surface area contributed by atoms with Crippen LogP contribution in [0.3, 0.4) is 0 Å². The lowest BCUT2D eigenvalue weighted by Crippen LogP contribution is -2.31. The van der Waals surface area contributed by atoms with Crippen molar-refractivity contribution in [3.05, 3.63) is 82.3 Å². The SMILES string of the molecule is CCCNc1ccc(Cn2c(C)nc3ccc(C(=O)NS(=O)(=O)c4ccc(C)cc4)nc32)c(Cl)c1. The Morgan fingerprint density at radius 3 is 2.46 bits per heavy atom. The molecule has 0 unspecified atom stereocenters. The molecule has 35 heavy (non-hydrogen) atoms. The molecule has 2 aromatic carbocycles. The Morgan fingerprint density at radius 1 is 1.03 bits per heavy atom. The van der Waals surface area contributed by atoms with E-state index in [0.29, 0.717) is 28.6 Å². The first kappa shape index (κ1) is 24.7. The van der Waals surface area contributed by atoms with Crippen molar-refractivity contribution in [3.8, 4) is 0 Å². The Morgan fingerprint density at radius 2 is 1.77 bits per heavy atom. The maximum Gasteiger partial charge on any atom is 0.283 e. The van der Waals surface area contributed by atoms with Crippen molar-refractivity contribution in [1.29, 1.82) is 0 Å². The summed E-state index contributed by atoms with van der Waals surface area (Å²) in [5.74, 6) is -0.121. The Bertz CT molecular complexity index is 1500. The molecule has 4 aromatic rings. The van der Waals surface area contributed by atoms with Gasteiger partial charge >= 0.3 is 0 Å². The molecule has 0 bridgehead atoms. The molecule has 8 nitrogen and oxygen atoms in total. The smallest absolute Gasteiger partial charge is 0.283 e. The molecule has 1 amide bonds. The molecule has 0 aliphatic heterocycles. The molecule has 4 rings (SSSR count). The van der Waals surface area contributed by atoms with Crippen molar-refractivity contribution in [2.45, 2.75) is 38.6 Å². The average Bonchev–Trinajstić information content (AvgIpc) is 3.13. The zero-order valence-electron chi connectivity index (χ0n) is 19.7. The second kappa shape index (κ2) is 10.1. The van der Waals surface area contributed by atoms with E-state index in [2.05, 4.69) is 26.9 Å². The predicted molar refractivity (Wildman–Crippen MR) is 137 cm³/mol. The minimum Gasteiger partial charge on any atom is -0.385 e. The summed E-state index contributed by atoms with van der Waals surface area (Å²) in [7, 11) is -4.03. The van der Waals surface area contributed by atoms with Gasteiger partial charge in [0.15, 0.2) is 5.65 Å². The van der Waals surface area contributed by atoms with Crippen molar-refractivity contribution >= 4 is 44.4 Å². The summed E-state index contributed by atoms with van der Waals surface area (Å²) in [4.78, 5) is 21.8. The predicted octanol–water partition coefficient (Wildman–Crippen LogP) is 4.69. The van der Waals surface area contributed by atoms with Gasteiger partial charge in [-0.05, 0) is 62.2 Å². The molecule has 0 aliphatic rings. The second-order valence-corrected chi connectivity index (χ2v) is 10.4. The number of hydrogen-bond donors (Lipinski definition) is 2. The molecular weight excluding hydrogens is 486 g/mol. The van der Waals surface area contributed by atoms with Gasteiger partial charge in [0, 0.05) is 17.3 Å². The number of carbonyl (C=O) groups is 1. The lowest BCUT2D eigenvalue weighted by Gasteiger charge is -2.11. The molecule has 2 N–H and O–H groups in total. The Hall–Kier alpha value is -3.43. The lowest BCUT2D eigenvalue weighted by molar-refractivity contribution is 0.0977. The number of pyridine rings is 1. The van der Waals surface area contributed by atoms with Crippen LogP contribution in [-0.2, 0) is 16.6 Å². The number of carbonyl (C=O) groups excluding carboxylic acids is 1. The molecule has 182 valence electrons. The number of nitrogens with zero attached hydrogens (tertiary/aromatic N) is 3. The lowest BCUT2D eigenvalue weighted by atomic mass is 10.2. The number of aromatic nitrogens is 3. The molecular formula is C25H26ClN5O3S. The van der Waals surface area contributed by atoms with E-state index in [4.69, 9.17) is 11.6 Å². The number of halogens is 1. The first-order valence-corrected chi connectivity index (χ1v) is 13.0. The average molecular weight is 512 g/mol. The first-order valence-electron chi connectivity index (χ1n) is 11.2. The molecule has 0 radical (unpaired) electrons. The fourth-order valence-corrected chi connectivity index (χ4v) is 4.81. The number of amides is 1. The van der Waals surface area contributed by atoms with E-state index in [9.17, 15) is 13.2 Å². The summed E-state index contributed by atoms with van der Waals surface area (Å²) in [5.41, 5.74) is 3.76. The van der Waals surface area contributed by atoms with Crippen molar-refractivity contribution < 1.29 is 13.2 Å². The van der Waals surface area contributed by atoms with E-state index in [1.165, 1.54) is 18.2 Å². The van der Waals surface area contributed by atoms with Gasteiger partial charge in [0.1, 0.15) is 17.0 Å². The monoisotopic (exact) mass is 511 g/mol. The summed E-state index contributed by atoms with van der Waals surface area (Å²) < 4.78 is 29.2. The van der Waals surface area contributed by atoms with Crippen LogP contribution in [0.5, 0.6) is 0 Å². The third-order valence-electron chi connectivity index (χ3n) is 5.53. The van der Waals surface area contributed by atoms with Crippen LogP contribution in [-0.4, -0.2) is 35.4 Å². The number of benzene rings is 2. The molecule has 0 aliphatic carbocycles. The minimum absolute atomic E-state index is 0.00456. The molecule has 2 heterocycles. The van der Waals surface area contributed by atoms with Gasteiger partial charge < -0.3 is 9.88 Å². The summed E-state index contributed by atoms with van der Waals surface area (Å²) in [6.07, 6.45) is 1.01. The van der Waals surface area contributed by atoms with Crippen molar-refractivity contribution in [2.24, 2.45) is 0 Å². The number of sulfonamides is 1. The topological polar surface area (TPSA) is 106 Å². The van der Waals surface area contributed by atoms with Crippen LogP contribution in [0.4, 0.5) is 5.69 Å². The number of aryl methyl sites for hydroxylation is 2. The summed E-state index contributed by atoms with van der Waals surface area (Å²) in [5, 5.41) is 3.91. The normalized spacial score (nSPS) is 11.5. The van der Waals surface area contributed by atoms with Gasteiger partial charge in [0.05, 0.1) is 11.4 Å². The highest BCUT2D eigenvalue weighted by molar-refractivity contribution is 7.90. The zero-order valence-corrected chi connectivity index (χ0v) is 21.2. The zero-order chi connectivity index (χ0) is 25.2. The van der Waals surface area contributed by atoms with E-state index >= 15 is 0 Å². The fourth-order valence-electron chi connectivity index (χ4n) is 3.61. The number of imidazole rings is 1. The summed E-state index contributed by atoms with van der Waals surface area (Å²) in [6.45, 7) is 7.04. The minimum atomic E-state index is -4.03. The highest BCUT2D eigenvalue weighted by Crippen LogP contribution is 2.24. The number of anilines is 1. The number of fused-ring (bicyclic) bond motifs is 1. The van der Waals surface area contributed by atoms with Crippen LogP contribution >= 0.6 is 11.6 Å². The molecule has 0 fully saturated rings. The Kier molecular flexibility index (Phi) is 7.09. The summed E-state index contributed by atoms with van der Waals surface area (Å²) >= 11 is 6.53. The highest BCUT2D eigenvalue weighted by Gasteiger charge is 2.21. The maximum atomic E-state index is 12.8. The molecule has 0 saturated carbocycles. The fraction of sp³-hybridized carbons (Fsp3) is 0.240. The van der Waals surface area contributed by atoms with E-state index in [1.54, 1.807) is 18.2 Å². The van der Waals surface area contributed by atoms with Gasteiger partial charge in [-0.15, -0.1) is 0 Å². The van der Waals surface area contributed by atoms with E-state index in [1.807, 2.05) is 36.6 Å². The number of hydrogen-bond acceptors (Lipinski definition) is 6. The van der Waals surface area contributed by atoms with Gasteiger partial charge in [-0.3, -0.25) is 4.79 Å². The Labute approximate surface area is 209 Å². The van der Waals surface area contributed by atoms with Gasteiger partial charge in [0.25, 0.3) is 15.9 Å². The van der Waals surface area contributed by atoms with E-state index in [0.717, 1.165) is 29.8 Å². The molecule has 2 aromatic heterocycles. The molecule has 0 spiro atoms. The standard InChI is InChI=1S/C25H26ClN5O3S/c1-4-13-27-19-8-7-18(21(26)14-19)15-31-17(3)28-22-11-12-23(29-24(22)31)25(32)30-35(33,34)20-9-5-16(2)6-10-20/h5-12,14,27H,4,13,15H2,1-3H3,(H,30,32). The largest absolute Gasteiger partial charge is 0.385 e. The van der Waals surface area contributed by atoms with Crippen LogP contribution in [0.2, 0.25) is 5.02 Å². The van der Waals surface area contributed by atoms with Gasteiger partial charge in [0.2, 0.25) is 0 Å².